The highest BCUT2D eigenvalue weighted by atomic mass is 35.5. The molecule has 0 aliphatic heterocycles. The third kappa shape index (κ3) is 8.43. The number of anilines is 3. The van der Waals surface area contributed by atoms with Crippen LogP contribution in [0.1, 0.15) is 12.8 Å². The zero-order chi connectivity index (χ0) is 30.2. The van der Waals surface area contributed by atoms with Crippen LogP contribution in [0.4, 0.5) is 21.6 Å². The predicted octanol–water partition coefficient (Wildman–Crippen LogP) is 6.64. The Morgan fingerprint density at radius 2 is 1.88 bits per heavy atom. The van der Waals surface area contributed by atoms with Gasteiger partial charge in [0.1, 0.15) is 30.0 Å². The number of fused-ring (bicyclic) bond motifs is 2. The molecule has 1 aliphatic rings. The Morgan fingerprint density at radius 3 is 2.65 bits per heavy atom. The van der Waals surface area contributed by atoms with Gasteiger partial charge in [-0.15, -0.1) is 0 Å². The van der Waals surface area contributed by atoms with Gasteiger partial charge in [-0.1, -0.05) is 35.9 Å². The van der Waals surface area contributed by atoms with Crippen molar-refractivity contribution in [3.63, 3.8) is 0 Å². The Balaban J connectivity index is 0.000000308. The Hall–Kier alpha value is -4.67. The molecule has 0 atom stereocenters. The molecule has 220 valence electrons. The second kappa shape index (κ2) is 14.0. The normalized spacial score (nSPS) is 12.8. The molecule has 11 heteroatoms. The van der Waals surface area contributed by atoms with Gasteiger partial charge in [-0.3, -0.25) is 4.79 Å². The van der Waals surface area contributed by atoms with Crippen molar-refractivity contribution < 1.29 is 13.9 Å². The number of ether oxygens (including phenoxy) is 1. The fourth-order valence-corrected chi connectivity index (χ4v) is 4.25. The minimum absolute atomic E-state index is 0.00610. The zero-order valence-electron chi connectivity index (χ0n) is 23.8. The highest BCUT2D eigenvalue weighted by Gasteiger charge is 2.23. The lowest BCUT2D eigenvalue weighted by Crippen LogP contribution is -2.13. The SMILES string of the molecule is CN(C)CC=CC(=O)Nc1cc2c(Nc3ccc(F)c(Cl)c3)ncnc2cc1OCC1CC1.c1ccc2ncncc2c1. The van der Waals surface area contributed by atoms with Crippen LogP contribution in [0.2, 0.25) is 5.02 Å². The number of carbonyl (C=O) groups is 1. The third-order valence-corrected chi connectivity index (χ3v) is 6.79. The quantitative estimate of drug-likeness (QED) is 0.182. The van der Waals surface area contributed by atoms with Crippen LogP contribution in [0.3, 0.4) is 0 Å². The number of nitrogens with zero attached hydrogens (tertiary/aromatic N) is 5. The van der Waals surface area contributed by atoms with E-state index in [0.717, 1.165) is 23.7 Å². The molecular weight excluding hydrogens is 569 g/mol. The number of halogens is 2. The van der Waals surface area contributed by atoms with E-state index in [0.29, 0.717) is 52.9 Å². The minimum atomic E-state index is -0.500. The highest BCUT2D eigenvalue weighted by Crippen LogP contribution is 2.36. The molecule has 2 heterocycles. The Kier molecular flexibility index (Phi) is 9.70. The molecule has 0 radical (unpaired) electrons. The fourth-order valence-electron chi connectivity index (χ4n) is 4.07. The van der Waals surface area contributed by atoms with Gasteiger partial charge >= 0.3 is 0 Å². The number of aromatic nitrogens is 4. The largest absolute Gasteiger partial charge is 0.491 e. The average molecular weight is 600 g/mol. The molecule has 9 nitrogen and oxygen atoms in total. The van der Waals surface area contributed by atoms with E-state index < -0.39 is 5.82 Å². The Bertz CT molecular complexity index is 1700. The molecule has 1 saturated carbocycles. The van der Waals surface area contributed by atoms with Crippen molar-refractivity contribution in [2.45, 2.75) is 12.8 Å². The number of rotatable bonds is 9. The highest BCUT2D eigenvalue weighted by molar-refractivity contribution is 6.31. The lowest BCUT2D eigenvalue weighted by atomic mass is 10.1. The van der Waals surface area contributed by atoms with Gasteiger partial charge in [0.25, 0.3) is 0 Å². The molecule has 0 unspecified atom stereocenters. The predicted molar refractivity (Wildman–Crippen MR) is 168 cm³/mol. The van der Waals surface area contributed by atoms with E-state index in [4.69, 9.17) is 16.3 Å². The zero-order valence-corrected chi connectivity index (χ0v) is 24.6. The first-order valence-corrected chi connectivity index (χ1v) is 14.1. The van der Waals surface area contributed by atoms with Crippen molar-refractivity contribution >= 4 is 56.5 Å². The number of amides is 1. The first kappa shape index (κ1) is 29.8. The minimum Gasteiger partial charge on any atom is -0.491 e. The molecule has 2 aromatic heterocycles. The van der Waals surface area contributed by atoms with Gasteiger partial charge in [0.05, 0.1) is 28.4 Å². The number of carbonyl (C=O) groups excluding carboxylic acids is 1. The summed E-state index contributed by atoms with van der Waals surface area (Å²) in [6.45, 7) is 1.24. The summed E-state index contributed by atoms with van der Waals surface area (Å²) in [6, 6.07) is 15.8. The van der Waals surface area contributed by atoms with Crippen molar-refractivity contribution in [2.75, 3.05) is 37.9 Å². The van der Waals surface area contributed by atoms with Crippen LogP contribution in [0.5, 0.6) is 5.75 Å². The molecule has 5 aromatic rings. The van der Waals surface area contributed by atoms with Crippen molar-refractivity contribution in [1.82, 2.24) is 24.8 Å². The first-order chi connectivity index (χ1) is 20.9. The third-order valence-electron chi connectivity index (χ3n) is 6.50. The monoisotopic (exact) mass is 599 g/mol. The topological polar surface area (TPSA) is 105 Å². The summed E-state index contributed by atoms with van der Waals surface area (Å²) in [5.74, 6) is 0.840. The van der Waals surface area contributed by atoms with Crippen LogP contribution in [-0.2, 0) is 4.79 Å². The number of hydrogen-bond donors (Lipinski definition) is 2. The molecule has 1 aliphatic carbocycles. The van der Waals surface area contributed by atoms with Crippen LogP contribution in [0.25, 0.3) is 21.8 Å². The van der Waals surface area contributed by atoms with Gasteiger partial charge in [-0.05, 0) is 63.2 Å². The summed E-state index contributed by atoms with van der Waals surface area (Å²) in [7, 11) is 3.86. The van der Waals surface area contributed by atoms with Crippen LogP contribution >= 0.6 is 11.6 Å². The molecule has 1 fully saturated rings. The second-order valence-electron chi connectivity index (χ2n) is 10.3. The van der Waals surface area contributed by atoms with Gasteiger partial charge in [-0.25, -0.2) is 24.3 Å². The molecular formula is C32H31ClFN7O2. The van der Waals surface area contributed by atoms with E-state index in [1.54, 1.807) is 30.6 Å². The average Bonchev–Trinajstić information content (AvgIpc) is 3.83. The number of likely N-dealkylation sites (N-methyl/N-ethyl adjacent to an activating group) is 1. The maximum atomic E-state index is 13.5. The van der Waals surface area contributed by atoms with Crippen molar-refractivity contribution in [3.05, 3.63) is 96.4 Å². The van der Waals surface area contributed by atoms with Gasteiger partial charge in [-0.2, -0.15) is 0 Å². The summed E-state index contributed by atoms with van der Waals surface area (Å²) in [5.41, 5.74) is 2.75. The molecule has 2 N–H and O–H groups in total. The Morgan fingerprint density at radius 1 is 1.07 bits per heavy atom. The van der Waals surface area contributed by atoms with Crippen LogP contribution in [0.15, 0.2) is 85.6 Å². The van der Waals surface area contributed by atoms with Gasteiger partial charge < -0.3 is 20.3 Å². The van der Waals surface area contributed by atoms with E-state index in [1.807, 2.05) is 49.5 Å². The van der Waals surface area contributed by atoms with Gasteiger partial charge in [0.2, 0.25) is 5.91 Å². The lowest BCUT2D eigenvalue weighted by Gasteiger charge is -2.15. The van der Waals surface area contributed by atoms with E-state index in [-0.39, 0.29) is 10.9 Å². The van der Waals surface area contributed by atoms with Gasteiger partial charge in [0, 0.05) is 41.3 Å². The summed E-state index contributed by atoms with van der Waals surface area (Å²) in [6.07, 6.45) is 10.4. The molecule has 6 rings (SSSR count). The molecule has 0 saturated heterocycles. The lowest BCUT2D eigenvalue weighted by molar-refractivity contribution is -0.111. The van der Waals surface area contributed by atoms with E-state index in [2.05, 4.69) is 30.6 Å². The molecule has 1 amide bonds. The number of para-hydroxylation sites is 1. The fraction of sp³-hybridized carbons (Fsp3) is 0.219. The number of hydrogen-bond acceptors (Lipinski definition) is 8. The number of nitrogens with one attached hydrogen (secondary N) is 2. The number of benzene rings is 3. The van der Waals surface area contributed by atoms with Crippen LogP contribution in [-0.4, -0.2) is 58.0 Å². The summed E-state index contributed by atoms with van der Waals surface area (Å²) >= 11 is 5.91. The molecule has 0 spiro atoms. The second-order valence-corrected chi connectivity index (χ2v) is 10.7. The van der Waals surface area contributed by atoms with Crippen molar-refractivity contribution in [3.8, 4) is 5.75 Å². The van der Waals surface area contributed by atoms with E-state index in [9.17, 15) is 9.18 Å². The summed E-state index contributed by atoms with van der Waals surface area (Å²) < 4.78 is 19.5. The summed E-state index contributed by atoms with van der Waals surface area (Å²) in [4.78, 5) is 31.1. The standard InChI is InChI=1S/C24H25ClFN5O2.C8H6N2/c1-31(2)9-3-4-23(32)30-21-11-17-20(12-22(21)33-13-15-5-6-15)27-14-28-24(17)29-16-7-8-19(26)18(25)10-16;1-2-4-8-7(3-1)5-9-6-10-8/h3-4,7-8,10-12,14-15H,5-6,9,13H2,1-2H3,(H,30,32)(H,27,28,29);1-6H. The first-order valence-electron chi connectivity index (χ1n) is 13.8. The van der Waals surface area contributed by atoms with Crippen molar-refractivity contribution in [1.29, 1.82) is 0 Å². The molecule has 43 heavy (non-hydrogen) atoms. The maximum absolute atomic E-state index is 13.5. The van der Waals surface area contributed by atoms with Crippen molar-refractivity contribution in [2.24, 2.45) is 5.92 Å². The van der Waals surface area contributed by atoms with Gasteiger partial charge in [0.15, 0.2) is 0 Å². The Labute approximate surface area is 253 Å². The smallest absolute Gasteiger partial charge is 0.248 e. The molecule has 3 aromatic carbocycles. The maximum Gasteiger partial charge on any atom is 0.248 e. The molecule has 0 bridgehead atoms. The van der Waals surface area contributed by atoms with E-state index in [1.165, 1.54) is 24.5 Å². The van der Waals surface area contributed by atoms with Crippen LogP contribution in [0, 0.1) is 11.7 Å². The van der Waals surface area contributed by atoms with Crippen LogP contribution < -0.4 is 15.4 Å². The summed E-state index contributed by atoms with van der Waals surface area (Å²) in [5, 5.41) is 7.82. The van der Waals surface area contributed by atoms with E-state index >= 15 is 0 Å².